The molecule has 0 spiro atoms. The molecular formula is C34H36F7N3O5. The van der Waals surface area contributed by atoms with E-state index in [-0.39, 0.29) is 23.3 Å². The van der Waals surface area contributed by atoms with Gasteiger partial charge in [-0.15, -0.1) is 0 Å². The summed E-state index contributed by atoms with van der Waals surface area (Å²) in [5.74, 6) is -6.16. The van der Waals surface area contributed by atoms with Crippen molar-refractivity contribution in [3.05, 3.63) is 83.9 Å². The van der Waals surface area contributed by atoms with Crippen LogP contribution < -0.4 is 10.6 Å². The Hall–Kier alpha value is -4.53. The maximum atomic E-state index is 13.7. The molecule has 2 aliphatic rings. The van der Waals surface area contributed by atoms with E-state index >= 15 is 0 Å². The van der Waals surface area contributed by atoms with Gasteiger partial charge in [0, 0.05) is 35.3 Å². The number of carboxylic acid groups (broad SMARTS) is 2. The van der Waals surface area contributed by atoms with Crippen LogP contribution in [0.15, 0.2) is 66.7 Å². The smallest absolute Gasteiger partial charge is 0.475 e. The molecule has 2 aromatic carbocycles. The number of benzene rings is 2. The first-order valence-electron chi connectivity index (χ1n) is 15.4. The lowest BCUT2D eigenvalue weighted by Gasteiger charge is -2.33. The highest BCUT2D eigenvalue weighted by atomic mass is 19.4. The fourth-order valence-electron chi connectivity index (χ4n) is 5.46. The number of aliphatic carboxylic acids is 2. The van der Waals surface area contributed by atoms with Crippen LogP contribution in [-0.2, 0) is 20.8 Å². The lowest BCUT2D eigenvalue weighted by Crippen LogP contribution is -2.50. The second kappa shape index (κ2) is 16.2. The monoisotopic (exact) mass is 699 g/mol. The zero-order valence-corrected chi connectivity index (χ0v) is 26.4. The summed E-state index contributed by atoms with van der Waals surface area (Å²) in [6, 6.07) is 21.8. The topological polar surface area (TPSA) is 134 Å². The van der Waals surface area contributed by atoms with Gasteiger partial charge < -0.3 is 20.8 Å². The molecule has 1 aromatic heterocycles. The second-order valence-corrected chi connectivity index (χ2v) is 11.9. The molecule has 0 bridgehead atoms. The highest BCUT2D eigenvalue weighted by Crippen LogP contribution is 2.48. The minimum absolute atomic E-state index is 0.0288. The Morgan fingerprint density at radius 2 is 1.35 bits per heavy atom. The molecule has 5 rings (SSSR count). The highest BCUT2D eigenvalue weighted by molar-refractivity contribution is 5.98. The quantitative estimate of drug-likeness (QED) is 0.164. The van der Waals surface area contributed by atoms with Crippen molar-refractivity contribution >= 4 is 23.5 Å². The molecule has 15 heteroatoms. The molecule has 2 atom stereocenters. The van der Waals surface area contributed by atoms with E-state index < -0.39 is 30.2 Å². The molecule has 2 saturated carbocycles. The molecule has 3 aromatic rings. The number of hydrogen-bond donors (Lipinski definition) is 3. The molecule has 0 unspecified atom stereocenters. The van der Waals surface area contributed by atoms with Crippen LogP contribution in [0.3, 0.4) is 0 Å². The summed E-state index contributed by atoms with van der Waals surface area (Å²) >= 11 is 0. The van der Waals surface area contributed by atoms with Gasteiger partial charge in [0.15, 0.2) is 0 Å². The van der Waals surface area contributed by atoms with Crippen molar-refractivity contribution in [2.45, 2.75) is 75.7 Å². The summed E-state index contributed by atoms with van der Waals surface area (Å²) in [5.41, 5.74) is 11.5. The van der Waals surface area contributed by atoms with Crippen molar-refractivity contribution in [3.8, 4) is 11.1 Å². The molecule has 0 radical (unpaired) electrons. The fraction of sp³-hybridized carbons (Fsp3) is 0.412. The van der Waals surface area contributed by atoms with Crippen molar-refractivity contribution in [1.29, 1.82) is 0 Å². The number of alkyl halides is 6. The number of amides is 1. The number of carbonyl (C=O) groups excluding carboxylic acids is 1. The van der Waals surface area contributed by atoms with E-state index in [0.717, 1.165) is 49.8 Å². The van der Waals surface area contributed by atoms with E-state index in [1.165, 1.54) is 17.2 Å². The van der Waals surface area contributed by atoms with Crippen molar-refractivity contribution in [2.75, 3.05) is 11.4 Å². The number of nitrogens with two attached hydrogens (primary N) is 1. The van der Waals surface area contributed by atoms with E-state index in [4.69, 9.17) is 25.5 Å². The number of pyridine rings is 1. The zero-order chi connectivity index (χ0) is 36.6. The summed E-state index contributed by atoms with van der Waals surface area (Å²) in [6.07, 6.45) is -3.18. The number of carbonyl (C=O) groups is 3. The largest absolute Gasteiger partial charge is 0.490 e. The first kappa shape index (κ1) is 38.9. The first-order valence-corrected chi connectivity index (χ1v) is 15.4. The summed E-state index contributed by atoms with van der Waals surface area (Å²) < 4.78 is 77.1. The van der Waals surface area contributed by atoms with E-state index in [9.17, 15) is 35.5 Å². The third-order valence-corrected chi connectivity index (χ3v) is 8.05. The molecule has 4 N–H and O–H groups in total. The van der Waals surface area contributed by atoms with E-state index in [1.807, 2.05) is 23.1 Å². The Morgan fingerprint density at radius 3 is 1.80 bits per heavy atom. The van der Waals surface area contributed by atoms with Gasteiger partial charge in [0.25, 0.3) is 0 Å². The third-order valence-electron chi connectivity index (χ3n) is 8.05. The summed E-state index contributed by atoms with van der Waals surface area (Å²) in [4.78, 5) is 37.4. The number of carboxylic acids is 2. The molecule has 0 aliphatic heterocycles. The molecule has 1 heterocycles. The number of hydrogen-bond acceptors (Lipinski definition) is 5. The van der Waals surface area contributed by atoms with Crippen LogP contribution >= 0.6 is 0 Å². The molecular weight excluding hydrogens is 663 g/mol. The van der Waals surface area contributed by atoms with Gasteiger partial charge in [-0.25, -0.2) is 14.6 Å². The maximum absolute atomic E-state index is 13.7. The van der Waals surface area contributed by atoms with Gasteiger partial charge in [-0.1, -0.05) is 68.7 Å². The Bertz CT molecular complexity index is 1550. The molecule has 2 fully saturated rings. The van der Waals surface area contributed by atoms with Gasteiger partial charge >= 0.3 is 24.3 Å². The van der Waals surface area contributed by atoms with Crippen molar-refractivity contribution in [1.82, 2.24) is 4.98 Å². The van der Waals surface area contributed by atoms with Gasteiger partial charge in [-0.2, -0.15) is 30.7 Å². The Kier molecular flexibility index (Phi) is 12.9. The standard InChI is InChI=1S/C30H34FN3O.2C2HF3O2/c1-2-6-21-9-11-22(12-10-21)23-13-15-24(16-14-23)34(20-30(32)17-3-4-18-30)29(35)26-19-25(26)27-7-5-8-28(31)33-27;2*3-2(4,5)1(6)7/h5,7-16,25-26H,2-4,6,17-20,32H2,1H3;2*(H,6,7)/t25-,26-;;/m1../s1. The fourth-order valence-corrected chi connectivity index (χ4v) is 5.46. The summed E-state index contributed by atoms with van der Waals surface area (Å²) in [7, 11) is 0. The van der Waals surface area contributed by atoms with Crippen LogP contribution in [0.1, 0.15) is 62.6 Å². The first-order chi connectivity index (χ1) is 22.8. The van der Waals surface area contributed by atoms with Crippen LogP contribution in [-0.4, -0.2) is 57.5 Å². The Balaban J connectivity index is 0.000000392. The van der Waals surface area contributed by atoms with E-state index in [0.29, 0.717) is 18.7 Å². The minimum Gasteiger partial charge on any atom is -0.475 e. The molecule has 0 saturated heterocycles. The van der Waals surface area contributed by atoms with Gasteiger partial charge in [-0.05, 0) is 66.6 Å². The number of rotatable bonds is 8. The van der Waals surface area contributed by atoms with Crippen molar-refractivity contribution < 1.29 is 55.3 Å². The number of anilines is 1. The molecule has 1 amide bonds. The lowest BCUT2D eigenvalue weighted by molar-refractivity contribution is -0.193. The normalized spacial score (nSPS) is 17.9. The average Bonchev–Trinajstić information content (AvgIpc) is 3.73. The molecule has 266 valence electrons. The van der Waals surface area contributed by atoms with Gasteiger partial charge in [0.1, 0.15) is 0 Å². The number of halogens is 7. The molecule has 2 aliphatic carbocycles. The molecule has 8 nitrogen and oxygen atoms in total. The van der Waals surface area contributed by atoms with Gasteiger partial charge in [0.2, 0.25) is 11.9 Å². The SMILES string of the molecule is CCCc1ccc(-c2ccc(N(CC3(N)CCCC3)C(=O)[C@@H]3C[C@H]3c3cccc(F)n3)cc2)cc1.O=C(O)C(F)(F)F.O=C(O)C(F)(F)F. The van der Waals surface area contributed by atoms with Crippen LogP contribution in [0.25, 0.3) is 11.1 Å². The molecule has 49 heavy (non-hydrogen) atoms. The number of nitrogens with zero attached hydrogens (tertiary/aromatic N) is 2. The second-order valence-electron chi connectivity index (χ2n) is 11.9. The van der Waals surface area contributed by atoms with Crippen LogP contribution in [0, 0.1) is 11.9 Å². The lowest BCUT2D eigenvalue weighted by atomic mass is 9.97. The minimum atomic E-state index is -5.08. The average molecular weight is 700 g/mol. The number of aromatic nitrogens is 1. The Morgan fingerprint density at radius 1 is 0.857 bits per heavy atom. The predicted molar refractivity (Wildman–Crippen MR) is 166 cm³/mol. The highest BCUT2D eigenvalue weighted by Gasteiger charge is 2.48. The van der Waals surface area contributed by atoms with Gasteiger partial charge in [0.05, 0.1) is 0 Å². The van der Waals surface area contributed by atoms with Crippen LogP contribution in [0.4, 0.5) is 36.4 Å². The Labute approximate surface area is 277 Å². The third kappa shape index (κ3) is 11.5. The van der Waals surface area contributed by atoms with Crippen molar-refractivity contribution in [2.24, 2.45) is 11.7 Å². The maximum Gasteiger partial charge on any atom is 0.490 e. The summed E-state index contributed by atoms with van der Waals surface area (Å²) in [6.45, 7) is 2.70. The summed E-state index contributed by atoms with van der Waals surface area (Å²) in [5, 5.41) is 14.2. The van der Waals surface area contributed by atoms with Gasteiger partial charge in [-0.3, -0.25) is 4.79 Å². The zero-order valence-electron chi connectivity index (χ0n) is 26.4. The number of aryl methyl sites for hydroxylation is 1. The van der Waals surface area contributed by atoms with E-state index in [1.54, 1.807) is 6.07 Å². The van der Waals surface area contributed by atoms with Crippen LogP contribution in [0.2, 0.25) is 0 Å². The van der Waals surface area contributed by atoms with E-state index in [2.05, 4.69) is 48.3 Å². The predicted octanol–water partition coefficient (Wildman–Crippen LogP) is 7.52. The van der Waals surface area contributed by atoms with Crippen molar-refractivity contribution in [3.63, 3.8) is 0 Å². The van der Waals surface area contributed by atoms with Crippen LogP contribution in [0.5, 0.6) is 0 Å².